The number of halogens is 2. The molecule has 0 saturated carbocycles. The van der Waals surface area contributed by atoms with Gasteiger partial charge in [-0.3, -0.25) is 4.90 Å². The van der Waals surface area contributed by atoms with Crippen LogP contribution in [0.1, 0.15) is 29.7 Å². The Morgan fingerprint density at radius 1 is 1.04 bits per heavy atom. The number of hydrogen-bond donors (Lipinski definition) is 1. The van der Waals surface area contributed by atoms with Gasteiger partial charge in [0.05, 0.1) is 18.2 Å². The van der Waals surface area contributed by atoms with Crippen LogP contribution in [-0.2, 0) is 17.6 Å². The number of ether oxygens (including phenoxy) is 1. The average Bonchev–Trinajstić information content (AvgIpc) is 3.06. The highest BCUT2D eigenvalue weighted by atomic mass is 19.1. The molecule has 2 aromatic rings. The summed E-state index contributed by atoms with van der Waals surface area (Å²) in [4.78, 5) is 2.53. The van der Waals surface area contributed by atoms with Gasteiger partial charge in [0.15, 0.2) is 0 Å². The molecule has 5 heteroatoms. The van der Waals surface area contributed by atoms with Crippen LogP contribution >= 0.6 is 0 Å². The van der Waals surface area contributed by atoms with Gasteiger partial charge in [-0.1, -0.05) is 24.3 Å². The Kier molecular flexibility index (Phi) is 5.26. The molecule has 27 heavy (non-hydrogen) atoms. The molecule has 1 unspecified atom stereocenters. The molecular weight excluding hydrogens is 346 g/mol. The minimum absolute atomic E-state index is 0.0914. The van der Waals surface area contributed by atoms with Gasteiger partial charge in [-0.15, -0.1) is 0 Å². The van der Waals surface area contributed by atoms with Crippen LogP contribution in [0.25, 0.3) is 0 Å². The topological polar surface area (TPSA) is 24.5 Å². The molecule has 1 saturated heterocycles. The van der Waals surface area contributed by atoms with Crippen molar-refractivity contribution < 1.29 is 13.5 Å². The summed E-state index contributed by atoms with van der Waals surface area (Å²) in [6.07, 6.45) is 1.54. The summed E-state index contributed by atoms with van der Waals surface area (Å²) in [5, 5.41) is 3.41. The maximum atomic E-state index is 13.6. The molecule has 2 aliphatic rings. The summed E-state index contributed by atoms with van der Waals surface area (Å²) in [7, 11) is 0. The molecule has 0 radical (unpaired) electrons. The predicted molar refractivity (Wildman–Crippen MR) is 102 cm³/mol. The summed E-state index contributed by atoms with van der Waals surface area (Å²) in [6.45, 7) is 6.33. The third kappa shape index (κ3) is 3.91. The SMILES string of the molecule is CC(OCC1(N2CCNCC2)Cc2ccccc2C1)c1cc(F)cc(F)c1. The second-order valence-electron chi connectivity index (χ2n) is 7.74. The van der Waals surface area contributed by atoms with Crippen LogP contribution in [0.15, 0.2) is 42.5 Å². The van der Waals surface area contributed by atoms with Crippen molar-refractivity contribution in [1.29, 1.82) is 0 Å². The van der Waals surface area contributed by atoms with Gasteiger partial charge in [-0.25, -0.2) is 8.78 Å². The van der Waals surface area contributed by atoms with Crippen LogP contribution in [-0.4, -0.2) is 43.2 Å². The van der Waals surface area contributed by atoms with Crippen molar-refractivity contribution in [3.8, 4) is 0 Å². The standard InChI is InChI=1S/C22H26F2N2O/c1-16(19-10-20(23)12-21(24)11-19)27-15-22(26-8-6-25-7-9-26)13-17-4-2-3-5-18(17)14-22/h2-5,10-12,16,25H,6-9,13-15H2,1H3. The van der Waals surface area contributed by atoms with E-state index in [1.54, 1.807) is 0 Å². The lowest BCUT2D eigenvalue weighted by molar-refractivity contribution is -0.0380. The fourth-order valence-electron chi connectivity index (χ4n) is 4.42. The van der Waals surface area contributed by atoms with E-state index < -0.39 is 11.6 Å². The highest BCUT2D eigenvalue weighted by Crippen LogP contribution is 2.36. The van der Waals surface area contributed by atoms with Crippen LogP contribution in [0, 0.1) is 11.6 Å². The Hall–Kier alpha value is -1.82. The zero-order valence-corrected chi connectivity index (χ0v) is 15.7. The van der Waals surface area contributed by atoms with Gasteiger partial charge < -0.3 is 10.1 Å². The summed E-state index contributed by atoms with van der Waals surface area (Å²) in [5.74, 6) is -1.13. The van der Waals surface area contributed by atoms with Gasteiger partial charge in [0.1, 0.15) is 11.6 Å². The van der Waals surface area contributed by atoms with Crippen molar-refractivity contribution in [2.24, 2.45) is 0 Å². The fourth-order valence-corrected chi connectivity index (χ4v) is 4.42. The molecule has 1 heterocycles. The second-order valence-corrected chi connectivity index (χ2v) is 7.74. The Morgan fingerprint density at radius 3 is 2.22 bits per heavy atom. The van der Waals surface area contributed by atoms with E-state index in [1.165, 1.54) is 23.3 Å². The lowest BCUT2D eigenvalue weighted by Crippen LogP contribution is -2.59. The largest absolute Gasteiger partial charge is 0.372 e. The van der Waals surface area contributed by atoms with Gasteiger partial charge in [0, 0.05) is 32.2 Å². The number of fused-ring (bicyclic) bond motifs is 1. The maximum absolute atomic E-state index is 13.6. The summed E-state index contributed by atoms with van der Waals surface area (Å²) in [6, 6.07) is 12.2. The number of hydrogen-bond acceptors (Lipinski definition) is 3. The zero-order valence-electron chi connectivity index (χ0n) is 15.7. The van der Waals surface area contributed by atoms with Crippen LogP contribution in [0.4, 0.5) is 8.78 Å². The molecule has 3 nitrogen and oxygen atoms in total. The van der Waals surface area contributed by atoms with E-state index in [9.17, 15) is 8.78 Å². The predicted octanol–water partition coefficient (Wildman–Crippen LogP) is 3.49. The first-order chi connectivity index (χ1) is 13.1. The summed E-state index contributed by atoms with van der Waals surface area (Å²) >= 11 is 0. The van der Waals surface area contributed by atoms with Gasteiger partial charge >= 0.3 is 0 Å². The third-order valence-electron chi connectivity index (χ3n) is 5.90. The normalized spacial score (nSPS) is 20.4. The Bertz CT molecular complexity index is 759. The molecule has 0 aromatic heterocycles. The fraction of sp³-hybridized carbons (Fsp3) is 0.455. The number of benzene rings is 2. The van der Waals surface area contributed by atoms with Crippen molar-refractivity contribution in [3.63, 3.8) is 0 Å². The van der Waals surface area contributed by atoms with Crippen molar-refractivity contribution in [2.75, 3.05) is 32.8 Å². The number of piperazine rings is 1. The molecule has 1 aliphatic carbocycles. The van der Waals surface area contributed by atoms with E-state index in [0.29, 0.717) is 12.2 Å². The molecule has 1 N–H and O–H groups in total. The van der Waals surface area contributed by atoms with E-state index in [2.05, 4.69) is 34.5 Å². The number of nitrogens with zero attached hydrogens (tertiary/aromatic N) is 1. The molecule has 0 spiro atoms. The van der Waals surface area contributed by atoms with Crippen molar-refractivity contribution in [3.05, 3.63) is 70.8 Å². The molecule has 1 fully saturated rings. The van der Waals surface area contributed by atoms with Crippen molar-refractivity contribution in [2.45, 2.75) is 31.4 Å². The Labute approximate surface area is 159 Å². The maximum Gasteiger partial charge on any atom is 0.126 e. The quantitative estimate of drug-likeness (QED) is 0.870. The number of nitrogens with one attached hydrogen (secondary N) is 1. The van der Waals surface area contributed by atoms with Crippen LogP contribution in [0.3, 0.4) is 0 Å². The second kappa shape index (κ2) is 7.66. The van der Waals surface area contributed by atoms with Crippen LogP contribution < -0.4 is 5.32 Å². The monoisotopic (exact) mass is 372 g/mol. The van der Waals surface area contributed by atoms with Gasteiger partial charge in [0.2, 0.25) is 0 Å². The van der Waals surface area contributed by atoms with Crippen molar-refractivity contribution in [1.82, 2.24) is 10.2 Å². The van der Waals surface area contributed by atoms with E-state index in [1.807, 2.05) is 6.92 Å². The van der Waals surface area contributed by atoms with Gasteiger partial charge in [-0.2, -0.15) is 0 Å². The summed E-state index contributed by atoms with van der Waals surface area (Å²) in [5.41, 5.74) is 3.21. The lowest BCUT2D eigenvalue weighted by Gasteiger charge is -2.44. The van der Waals surface area contributed by atoms with Crippen LogP contribution in [0.2, 0.25) is 0 Å². The molecule has 1 aliphatic heterocycles. The minimum Gasteiger partial charge on any atom is -0.372 e. The highest BCUT2D eigenvalue weighted by molar-refractivity contribution is 5.36. The smallest absolute Gasteiger partial charge is 0.126 e. The molecule has 144 valence electrons. The molecule has 0 amide bonds. The lowest BCUT2D eigenvalue weighted by atomic mass is 9.93. The van der Waals surface area contributed by atoms with E-state index >= 15 is 0 Å². The Morgan fingerprint density at radius 2 is 1.63 bits per heavy atom. The average molecular weight is 372 g/mol. The summed E-state index contributed by atoms with van der Waals surface area (Å²) < 4.78 is 33.3. The van der Waals surface area contributed by atoms with E-state index in [0.717, 1.165) is 45.1 Å². The first-order valence-corrected chi connectivity index (χ1v) is 9.66. The Balaban J connectivity index is 1.53. The zero-order chi connectivity index (χ0) is 18.9. The van der Waals surface area contributed by atoms with Gasteiger partial charge in [0.25, 0.3) is 0 Å². The number of rotatable bonds is 5. The highest BCUT2D eigenvalue weighted by Gasteiger charge is 2.43. The minimum atomic E-state index is -0.564. The molecular formula is C22H26F2N2O. The molecule has 0 bridgehead atoms. The first kappa shape index (κ1) is 18.5. The third-order valence-corrected chi connectivity index (χ3v) is 5.90. The van der Waals surface area contributed by atoms with E-state index in [-0.39, 0.29) is 11.6 Å². The molecule has 2 aromatic carbocycles. The van der Waals surface area contributed by atoms with Gasteiger partial charge in [-0.05, 0) is 48.6 Å². The van der Waals surface area contributed by atoms with E-state index in [4.69, 9.17) is 4.74 Å². The molecule has 1 atom stereocenters. The first-order valence-electron chi connectivity index (χ1n) is 9.66. The van der Waals surface area contributed by atoms with Crippen molar-refractivity contribution >= 4 is 0 Å². The molecule has 4 rings (SSSR count). The van der Waals surface area contributed by atoms with Crippen LogP contribution in [0.5, 0.6) is 0 Å².